The van der Waals surface area contributed by atoms with E-state index in [4.69, 9.17) is 4.74 Å². The largest absolute Gasteiger partial charge is 0.465 e. The molecule has 1 fully saturated rings. The number of hydrogen-bond acceptors (Lipinski definition) is 6. The number of nitrogens with zero attached hydrogens (tertiary/aromatic N) is 1. The van der Waals surface area contributed by atoms with Crippen molar-refractivity contribution in [1.82, 2.24) is 4.90 Å². The van der Waals surface area contributed by atoms with E-state index in [1.54, 1.807) is 22.4 Å². The van der Waals surface area contributed by atoms with E-state index in [1.165, 1.54) is 29.8 Å². The van der Waals surface area contributed by atoms with Crippen molar-refractivity contribution in [3.8, 4) is 0 Å². The third-order valence-corrected chi connectivity index (χ3v) is 5.86. The fourth-order valence-electron chi connectivity index (χ4n) is 2.82. The summed E-state index contributed by atoms with van der Waals surface area (Å²) in [6.07, 6.45) is 1.50. The predicted octanol–water partition coefficient (Wildman–Crippen LogP) is 3.09. The molecular weight excluding hydrogens is 360 g/mol. The first kappa shape index (κ1) is 17.6. The molecule has 3 heterocycles. The molecule has 1 atom stereocenters. The van der Waals surface area contributed by atoms with E-state index in [2.05, 4.69) is 5.32 Å². The number of ether oxygens (including phenoxy) is 1. The Morgan fingerprint density at radius 1 is 1.24 bits per heavy atom. The molecule has 0 radical (unpaired) electrons. The third-order valence-electron chi connectivity index (χ3n) is 4.11. The van der Waals surface area contributed by atoms with Crippen LogP contribution in [0.15, 0.2) is 29.0 Å². The summed E-state index contributed by atoms with van der Waals surface area (Å²) in [4.78, 5) is 39.6. The van der Waals surface area contributed by atoms with Gasteiger partial charge in [-0.2, -0.15) is 0 Å². The molecule has 2 amide bonds. The summed E-state index contributed by atoms with van der Waals surface area (Å²) in [7, 11) is 1.31. The minimum Gasteiger partial charge on any atom is -0.465 e. The third kappa shape index (κ3) is 3.91. The zero-order valence-corrected chi connectivity index (χ0v) is 15.3. The van der Waals surface area contributed by atoms with Gasteiger partial charge in [0.1, 0.15) is 4.88 Å². The van der Waals surface area contributed by atoms with Crippen molar-refractivity contribution in [1.29, 1.82) is 0 Å². The number of carbonyl (C=O) groups excluding carboxylic acids is 3. The molecule has 1 aliphatic rings. The maximum Gasteiger partial charge on any atom is 0.350 e. The molecule has 8 heteroatoms. The molecule has 6 nitrogen and oxygen atoms in total. The Morgan fingerprint density at radius 3 is 2.80 bits per heavy atom. The lowest BCUT2D eigenvalue weighted by Crippen LogP contribution is -2.43. The van der Waals surface area contributed by atoms with Gasteiger partial charge < -0.3 is 15.0 Å². The molecule has 0 aromatic carbocycles. The van der Waals surface area contributed by atoms with E-state index < -0.39 is 5.97 Å². The van der Waals surface area contributed by atoms with E-state index in [-0.39, 0.29) is 17.7 Å². The fraction of sp³-hybridized carbons (Fsp3) is 0.353. The molecule has 1 N–H and O–H groups in total. The maximum absolute atomic E-state index is 12.6. The van der Waals surface area contributed by atoms with Gasteiger partial charge in [-0.05, 0) is 35.7 Å². The van der Waals surface area contributed by atoms with Crippen LogP contribution in [0.25, 0.3) is 0 Å². The van der Waals surface area contributed by atoms with Gasteiger partial charge in [-0.25, -0.2) is 4.79 Å². The highest BCUT2D eigenvalue weighted by molar-refractivity contribution is 7.12. The Kier molecular flexibility index (Phi) is 5.50. The summed E-state index contributed by atoms with van der Waals surface area (Å²) in [5.74, 6) is -0.961. The number of piperidine rings is 1. The molecule has 1 unspecified atom stereocenters. The Morgan fingerprint density at radius 2 is 2.08 bits per heavy atom. The molecule has 0 saturated carbocycles. The second kappa shape index (κ2) is 7.79. The molecule has 1 aliphatic heterocycles. The first-order valence-electron chi connectivity index (χ1n) is 7.89. The lowest BCUT2D eigenvalue weighted by Gasteiger charge is -2.31. The van der Waals surface area contributed by atoms with Crippen LogP contribution >= 0.6 is 22.7 Å². The van der Waals surface area contributed by atoms with Crippen LogP contribution in [0.5, 0.6) is 0 Å². The Balaban J connectivity index is 1.65. The molecule has 25 heavy (non-hydrogen) atoms. The lowest BCUT2D eigenvalue weighted by atomic mass is 9.97. The number of anilines is 1. The number of likely N-dealkylation sites (tertiary alicyclic amines) is 1. The van der Waals surface area contributed by atoms with E-state index in [1.807, 2.05) is 11.4 Å². The van der Waals surface area contributed by atoms with Gasteiger partial charge in [0.05, 0.1) is 23.6 Å². The van der Waals surface area contributed by atoms with Gasteiger partial charge in [-0.3, -0.25) is 9.59 Å². The van der Waals surface area contributed by atoms with E-state index in [0.29, 0.717) is 28.5 Å². The molecule has 2 aromatic heterocycles. The zero-order chi connectivity index (χ0) is 17.8. The summed E-state index contributed by atoms with van der Waals surface area (Å²) in [6.45, 7) is 1.05. The molecule has 0 spiro atoms. The Labute approximate surface area is 153 Å². The van der Waals surface area contributed by atoms with Gasteiger partial charge in [-0.15, -0.1) is 22.7 Å². The number of esters is 1. The average molecular weight is 378 g/mol. The first-order chi connectivity index (χ1) is 12.1. The Hall–Kier alpha value is -2.19. The van der Waals surface area contributed by atoms with Crippen LogP contribution in [-0.4, -0.2) is 42.9 Å². The van der Waals surface area contributed by atoms with Crippen LogP contribution in [0.4, 0.5) is 5.69 Å². The molecular formula is C17H18N2O4S2. The van der Waals surface area contributed by atoms with Crippen molar-refractivity contribution in [2.24, 2.45) is 5.92 Å². The van der Waals surface area contributed by atoms with Crippen molar-refractivity contribution in [2.75, 3.05) is 25.5 Å². The van der Waals surface area contributed by atoms with Crippen molar-refractivity contribution < 1.29 is 19.1 Å². The maximum atomic E-state index is 12.6. The van der Waals surface area contributed by atoms with Crippen LogP contribution in [0.3, 0.4) is 0 Å². The molecule has 1 saturated heterocycles. The van der Waals surface area contributed by atoms with E-state index in [9.17, 15) is 14.4 Å². The number of hydrogen-bond donors (Lipinski definition) is 1. The van der Waals surface area contributed by atoms with Crippen molar-refractivity contribution in [2.45, 2.75) is 12.8 Å². The van der Waals surface area contributed by atoms with Crippen LogP contribution in [0, 0.1) is 5.92 Å². The van der Waals surface area contributed by atoms with Crippen LogP contribution in [0.2, 0.25) is 0 Å². The molecule has 3 rings (SSSR count). The minimum atomic E-state index is -0.469. The van der Waals surface area contributed by atoms with Crippen molar-refractivity contribution in [3.05, 3.63) is 38.7 Å². The average Bonchev–Trinajstić information content (AvgIpc) is 3.32. The second-order valence-electron chi connectivity index (χ2n) is 5.71. The van der Waals surface area contributed by atoms with Gasteiger partial charge in [0.25, 0.3) is 5.91 Å². The Bertz CT molecular complexity index is 769. The van der Waals surface area contributed by atoms with Crippen LogP contribution in [0.1, 0.15) is 32.2 Å². The van der Waals surface area contributed by atoms with Crippen LogP contribution < -0.4 is 5.32 Å². The van der Waals surface area contributed by atoms with Gasteiger partial charge >= 0.3 is 5.97 Å². The summed E-state index contributed by atoms with van der Waals surface area (Å²) < 4.78 is 4.72. The highest BCUT2D eigenvalue weighted by Crippen LogP contribution is 2.26. The van der Waals surface area contributed by atoms with E-state index >= 15 is 0 Å². The van der Waals surface area contributed by atoms with Crippen molar-refractivity contribution >= 4 is 46.1 Å². The summed E-state index contributed by atoms with van der Waals surface area (Å²) in [5.41, 5.74) is 0.462. The number of thiophene rings is 2. The zero-order valence-electron chi connectivity index (χ0n) is 13.7. The van der Waals surface area contributed by atoms with Gasteiger partial charge in [0, 0.05) is 13.1 Å². The van der Waals surface area contributed by atoms with Gasteiger partial charge in [0.15, 0.2) is 0 Å². The summed E-state index contributed by atoms with van der Waals surface area (Å²) in [6, 6.07) is 5.33. The fourth-order valence-corrected chi connectivity index (χ4v) is 4.28. The molecule has 0 aliphatic carbocycles. The van der Waals surface area contributed by atoms with Gasteiger partial charge in [0.2, 0.25) is 5.91 Å². The number of nitrogens with one attached hydrogen (secondary N) is 1. The van der Waals surface area contributed by atoms with Crippen molar-refractivity contribution in [3.63, 3.8) is 0 Å². The molecule has 132 valence electrons. The first-order valence-corrected chi connectivity index (χ1v) is 9.65. The highest BCUT2D eigenvalue weighted by Gasteiger charge is 2.30. The lowest BCUT2D eigenvalue weighted by molar-refractivity contribution is -0.121. The number of methoxy groups -OCH3 is 1. The van der Waals surface area contributed by atoms with Gasteiger partial charge in [-0.1, -0.05) is 6.07 Å². The molecule has 2 aromatic rings. The quantitative estimate of drug-likeness (QED) is 0.830. The number of rotatable bonds is 4. The monoisotopic (exact) mass is 378 g/mol. The molecule has 0 bridgehead atoms. The topological polar surface area (TPSA) is 75.7 Å². The van der Waals surface area contributed by atoms with Crippen LogP contribution in [-0.2, 0) is 9.53 Å². The van der Waals surface area contributed by atoms with E-state index in [0.717, 1.165) is 12.8 Å². The smallest absolute Gasteiger partial charge is 0.350 e. The normalized spacial score (nSPS) is 17.2. The second-order valence-corrected chi connectivity index (χ2v) is 7.58. The minimum absolute atomic E-state index is 0.0294. The highest BCUT2D eigenvalue weighted by atomic mass is 32.1. The SMILES string of the molecule is COC(=O)c1sccc1NC(=O)C1CCCN(C(=O)c2cccs2)C1. The summed E-state index contributed by atoms with van der Waals surface area (Å²) in [5, 5.41) is 6.40. The number of amides is 2. The summed E-state index contributed by atoms with van der Waals surface area (Å²) >= 11 is 2.63. The number of carbonyl (C=O) groups is 3. The predicted molar refractivity (Wildman–Crippen MR) is 97.2 cm³/mol. The standard InChI is InChI=1S/C17H18N2O4S2/c1-23-17(22)14-12(6-9-25-14)18-15(20)11-4-2-7-19(10-11)16(21)13-5-3-8-24-13/h3,5-6,8-9,11H,2,4,7,10H2,1H3,(H,18,20).